The van der Waals surface area contributed by atoms with Gasteiger partial charge in [-0.3, -0.25) is 19.1 Å². The van der Waals surface area contributed by atoms with E-state index in [2.05, 4.69) is 20.0 Å². The first kappa shape index (κ1) is 33.0. The number of hydrogen-bond acceptors (Lipinski definition) is 10. The van der Waals surface area contributed by atoms with Crippen molar-refractivity contribution in [2.45, 2.75) is 82.1 Å². The minimum absolute atomic E-state index is 0.137. The largest absolute Gasteiger partial charge is 0.496 e. The summed E-state index contributed by atoms with van der Waals surface area (Å²) in [5.41, 5.74) is -0.0108. The zero-order chi connectivity index (χ0) is 33.5. The molecule has 0 saturated heterocycles. The SMILES string of the molecule is CCOc1nc(O[C@@H]2C[C@H]3C(=O)N[C@]4(C(=O)NS(=O)(=O)C5CC5)C[C@H]4/C=C\CCCCN(C)C(=O)[C@@H]3C2)c2ccc(OC)c(C)c2n1. The monoisotopic (exact) mass is 669 g/mol. The molecular formula is C33H43N5O8S. The smallest absolute Gasteiger partial charge is 0.320 e. The van der Waals surface area contributed by atoms with Gasteiger partial charge in [0, 0.05) is 25.1 Å². The van der Waals surface area contributed by atoms with Crippen molar-refractivity contribution >= 4 is 38.6 Å². The zero-order valence-corrected chi connectivity index (χ0v) is 28.1. The molecule has 0 bridgehead atoms. The highest BCUT2D eigenvalue weighted by Gasteiger charge is 2.62. The van der Waals surface area contributed by atoms with E-state index in [1.807, 2.05) is 32.1 Å². The van der Waals surface area contributed by atoms with Crippen LogP contribution < -0.4 is 24.2 Å². The van der Waals surface area contributed by atoms with E-state index in [0.29, 0.717) is 42.6 Å². The van der Waals surface area contributed by atoms with E-state index in [0.717, 1.165) is 24.8 Å². The van der Waals surface area contributed by atoms with Crippen LogP contribution in [0.4, 0.5) is 0 Å². The van der Waals surface area contributed by atoms with E-state index >= 15 is 0 Å². The van der Waals surface area contributed by atoms with Gasteiger partial charge in [0.1, 0.15) is 17.4 Å². The van der Waals surface area contributed by atoms with E-state index in [4.69, 9.17) is 14.2 Å². The third-order valence-corrected chi connectivity index (χ3v) is 11.6. The van der Waals surface area contributed by atoms with Crippen LogP contribution in [0.15, 0.2) is 24.3 Å². The normalized spacial score (nSPS) is 28.8. The molecule has 0 spiro atoms. The molecule has 2 N–H and O–H groups in total. The van der Waals surface area contributed by atoms with Crippen LogP contribution in [0.3, 0.4) is 0 Å². The topological polar surface area (TPSA) is 166 Å². The van der Waals surface area contributed by atoms with Gasteiger partial charge >= 0.3 is 6.01 Å². The summed E-state index contributed by atoms with van der Waals surface area (Å²) in [4.78, 5) is 52.2. The number of rotatable bonds is 8. The fraction of sp³-hybridized carbons (Fsp3) is 0.606. The third kappa shape index (κ3) is 6.61. The molecule has 1 aliphatic heterocycles. The maximum atomic E-state index is 14.1. The third-order valence-electron chi connectivity index (χ3n) is 9.78. The maximum Gasteiger partial charge on any atom is 0.320 e. The second-order valence-electron chi connectivity index (χ2n) is 13.1. The summed E-state index contributed by atoms with van der Waals surface area (Å²) in [6, 6.07) is 3.75. The Bertz CT molecular complexity index is 1710. The number of hydrogen-bond donors (Lipinski definition) is 2. The lowest BCUT2D eigenvalue weighted by Gasteiger charge is -2.26. The fourth-order valence-electron chi connectivity index (χ4n) is 6.82. The number of carbonyl (C=O) groups is 3. The number of aromatic nitrogens is 2. The minimum atomic E-state index is -3.82. The second-order valence-corrected chi connectivity index (χ2v) is 15.0. The van der Waals surface area contributed by atoms with Crippen molar-refractivity contribution in [2.24, 2.45) is 17.8 Å². The molecule has 0 radical (unpaired) electrons. The van der Waals surface area contributed by atoms with Crippen molar-refractivity contribution in [3.63, 3.8) is 0 Å². The van der Waals surface area contributed by atoms with Crippen LogP contribution in [-0.2, 0) is 24.4 Å². The molecule has 1 aromatic heterocycles. The van der Waals surface area contributed by atoms with Crippen molar-refractivity contribution < 1.29 is 37.0 Å². The van der Waals surface area contributed by atoms with E-state index < -0.39 is 50.6 Å². The van der Waals surface area contributed by atoms with Gasteiger partial charge in [0.25, 0.3) is 5.91 Å². The molecule has 13 nitrogen and oxygen atoms in total. The first-order valence-electron chi connectivity index (χ1n) is 16.4. The van der Waals surface area contributed by atoms with Gasteiger partial charge in [-0.05, 0) is 77.3 Å². The number of allylic oxidation sites excluding steroid dienone is 1. The van der Waals surface area contributed by atoms with Gasteiger partial charge in [-0.25, -0.2) is 8.42 Å². The second kappa shape index (κ2) is 12.9. The Labute approximate surface area is 274 Å². The highest BCUT2D eigenvalue weighted by molar-refractivity contribution is 7.91. The Morgan fingerprint density at radius 3 is 2.64 bits per heavy atom. The van der Waals surface area contributed by atoms with Crippen molar-refractivity contribution in [3.8, 4) is 17.6 Å². The Kier molecular flexibility index (Phi) is 9.07. The average molecular weight is 670 g/mol. The molecule has 3 amide bonds. The molecule has 2 heterocycles. The lowest BCUT2D eigenvalue weighted by atomic mass is 9.93. The summed E-state index contributed by atoms with van der Waals surface area (Å²) in [5, 5.41) is 2.97. The predicted octanol–water partition coefficient (Wildman–Crippen LogP) is 2.80. The Morgan fingerprint density at radius 2 is 1.91 bits per heavy atom. The quantitative estimate of drug-likeness (QED) is 0.399. The Morgan fingerprint density at radius 1 is 1.15 bits per heavy atom. The molecule has 3 aliphatic carbocycles. The molecule has 3 saturated carbocycles. The summed E-state index contributed by atoms with van der Waals surface area (Å²) < 4.78 is 45.2. The van der Waals surface area contributed by atoms with Crippen LogP contribution in [0.2, 0.25) is 0 Å². The van der Waals surface area contributed by atoms with Crippen LogP contribution >= 0.6 is 0 Å². The highest BCUT2D eigenvalue weighted by atomic mass is 32.2. The molecular weight excluding hydrogens is 626 g/mol. The average Bonchev–Trinajstić information content (AvgIpc) is 3.96. The standard InChI is InChI=1S/C33H43N5O8S/c1-5-45-32-34-27-19(2)26(44-4)14-13-23(27)29(35-32)46-21-16-24-25(17-21)30(40)38(3)15-9-7-6-8-10-20-18-33(20,36-28(24)39)31(41)37-47(42,43)22-11-12-22/h8,10,13-14,20-22,24-25H,5-7,9,11-12,15-18H2,1-4H3,(H,36,39)(H,37,41)/b10-8-/t20-,21-,24-,25-,33-/m1/s1. The number of carbonyl (C=O) groups excluding carboxylic acids is 3. The van der Waals surface area contributed by atoms with Gasteiger partial charge in [0.2, 0.25) is 27.7 Å². The molecule has 1 aromatic carbocycles. The van der Waals surface area contributed by atoms with Crippen molar-refractivity contribution in [1.82, 2.24) is 24.9 Å². The molecule has 3 fully saturated rings. The van der Waals surface area contributed by atoms with Gasteiger partial charge in [-0.2, -0.15) is 9.97 Å². The molecule has 4 aliphatic rings. The van der Waals surface area contributed by atoms with Gasteiger partial charge in [-0.15, -0.1) is 0 Å². The van der Waals surface area contributed by atoms with Gasteiger partial charge in [0.15, 0.2) is 0 Å². The summed E-state index contributed by atoms with van der Waals surface area (Å²) in [6.07, 6.45) is 7.41. The number of methoxy groups -OCH3 is 1. The lowest BCUT2D eigenvalue weighted by Crippen LogP contribution is -2.54. The van der Waals surface area contributed by atoms with E-state index in [-0.39, 0.29) is 43.0 Å². The summed E-state index contributed by atoms with van der Waals surface area (Å²) in [7, 11) is -0.500. The van der Waals surface area contributed by atoms with Gasteiger partial charge < -0.3 is 24.4 Å². The molecule has 2 aromatic rings. The molecule has 14 heteroatoms. The predicted molar refractivity (Wildman–Crippen MR) is 172 cm³/mol. The number of nitrogens with zero attached hydrogens (tertiary/aromatic N) is 3. The van der Waals surface area contributed by atoms with Crippen molar-refractivity contribution in [1.29, 1.82) is 0 Å². The van der Waals surface area contributed by atoms with Gasteiger partial charge in [0.05, 0.1) is 41.7 Å². The van der Waals surface area contributed by atoms with E-state index in [1.165, 1.54) is 0 Å². The Hall–Kier alpha value is -3.94. The highest BCUT2D eigenvalue weighted by Crippen LogP contribution is 2.47. The summed E-state index contributed by atoms with van der Waals surface area (Å²) in [5.74, 6) is -2.32. The van der Waals surface area contributed by atoms with Crippen LogP contribution in [0.25, 0.3) is 10.9 Å². The van der Waals surface area contributed by atoms with Crippen LogP contribution in [0.5, 0.6) is 17.6 Å². The molecule has 254 valence electrons. The van der Waals surface area contributed by atoms with E-state index in [1.54, 1.807) is 25.1 Å². The molecule has 47 heavy (non-hydrogen) atoms. The molecule has 5 atom stereocenters. The van der Waals surface area contributed by atoms with Crippen LogP contribution in [-0.4, -0.2) is 85.2 Å². The van der Waals surface area contributed by atoms with Crippen LogP contribution in [0.1, 0.15) is 63.9 Å². The molecule has 0 unspecified atom stereocenters. The van der Waals surface area contributed by atoms with Crippen LogP contribution in [0, 0.1) is 24.7 Å². The molecule has 6 rings (SSSR count). The van der Waals surface area contributed by atoms with Crippen molar-refractivity contribution in [3.05, 3.63) is 29.8 Å². The maximum absolute atomic E-state index is 14.1. The Balaban J connectivity index is 1.30. The number of aryl methyl sites for hydroxylation is 1. The minimum Gasteiger partial charge on any atom is -0.496 e. The number of benzene rings is 1. The zero-order valence-electron chi connectivity index (χ0n) is 27.3. The summed E-state index contributed by atoms with van der Waals surface area (Å²) in [6.45, 7) is 4.60. The number of sulfonamides is 1. The number of amides is 3. The first-order valence-corrected chi connectivity index (χ1v) is 18.0. The summed E-state index contributed by atoms with van der Waals surface area (Å²) >= 11 is 0. The van der Waals surface area contributed by atoms with Gasteiger partial charge in [-0.1, -0.05) is 12.2 Å². The van der Waals surface area contributed by atoms with Crippen molar-refractivity contribution in [2.75, 3.05) is 27.3 Å². The number of fused-ring (bicyclic) bond motifs is 3. The number of ether oxygens (including phenoxy) is 3. The van der Waals surface area contributed by atoms with E-state index in [9.17, 15) is 22.8 Å². The fourth-order valence-corrected chi connectivity index (χ4v) is 8.18. The first-order chi connectivity index (χ1) is 22.5. The lowest BCUT2D eigenvalue weighted by molar-refractivity contribution is -0.140. The number of nitrogens with one attached hydrogen (secondary N) is 2.